The van der Waals surface area contributed by atoms with Gasteiger partial charge in [0.25, 0.3) is 0 Å². The van der Waals surface area contributed by atoms with Crippen molar-refractivity contribution in [1.82, 2.24) is 0 Å². The summed E-state index contributed by atoms with van der Waals surface area (Å²) in [6.45, 7) is 28.6. The Morgan fingerprint density at radius 2 is 0.542 bits per heavy atom. The number of aromatic hydroxyl groups is 1. The van der Waals surface area contributed by atoms with Crippen molar-refractivity contribution >= 4 is 0 Å². The first kappa shape index (κ1) is 59.8. The fourth-order valence-corrected chi connectivity index (χ4v) is 7.46. The maximum atomic E-state index is 12.4. The van der Waals surface area contributed by atoms with Gasteiger partial charge in [-0.2, -0.15) is 0 Å². The predicted molar refractivity (Wildman–Crippen MR) is 312 cm³/mol. The Balaban J connectivity index is 0.000000232. The quantitative estimate of drug-likeness (QED) is 0.145. The third kappa shape index (κ3) is 25.6. The minimum Gasteiger partial charge on any atom is -0.508 e. The van der Waals surface area contributed by atoms with Crippen LogP contribution in [-0.2, 0) is 19.3 Å². The van der Waals surface area contributed by atoms with E-state index >= 15 is 0 Å². The van der Waals surface area contributed by atoms with Crippen LogP contribution in [0.2, 0.25) is 0 Å². The van der Waals surface area contributed by atoms with Crippen LogP contribution in [-0.4, -0.2) is 5.11 Å². The van der Waals surface area contributed by atoms with E-state index in [0.29, 0.717) is 40.8 Å². The van der Waals surface area contributed by atoms with E-state index in [9.17, 15) is 4.39 Å². The summed E-state index contributed by atoms with van der Waals surface area (Å²) in [5.74, 6) is 3.10. The molecule has 0 saturated carbocycles. The number of hydrogen-bond donors (Lipinski definition) is 1. The average Bonchev–Trinajstić information content (AvgIpc) is 3.36. The monoisotopic (exact) mass is 963 g/mol. The molecule has 0 aromatic heterocycles. The highest BCUT2D eigenvalue weighted by Crippen LogP contribution is 2.21. The largest absolute Gasteiger partial charge is 0.508 e. The first-order chi connectivity index (χ1) is 34.3. The van der Waals surface area contributed by atoms with E-state index in [1.165, 1.54) is 67.8 Å². The normalized spacial score (nSPS) is 10.7. The summed E-state index contributed by atoms with van der Waals surface area (Å²) >= 11 is 0. The molecule has 1 N–H and O–H groups in total. The van der Waals surface area contributed by atoms with Crippen molar-refractivity contribution in [2.24, 2.45) is 5.41 Å². The highest BCUT2D eigenvalue weighted by Gasteiger charge is 2.10. The maximum absolute atomic E-state index is 12.4. The fourth-order valence-electron chi connectivity index (χ4n) is 7.46. The summed E-state index contributed by atoms with van der Waals surface area (Å²) in [5.41, 5.74) is 14.0. The van der Waals surface area contributed by atoms with Crippen LogP contribution in [0.4, 0.5) is 4.39 Å². The average molecular weight is 963 g/mol. The lowest BCUT2D eigenvalue weighted by molar-refractivity contribution is 0.411. The van der Waals surface area contributed by atoms with E-state index in [2.05, 4.69) is 254 Å². The summed E-state index contributed by atoms with van der Waals surface area (Å²) in [4.78, 5) is 0. The Labute approximate surface area is 437 Å². The molecule has 0 aliphatic carbocycles. The second-order valence-corrected chi connectivity index (χ2v) is 21.4. The Kier molecular flexibility index (Phi) is 27.0. The number of hydrogen-bond acceptors (Lipinski definition) is 1. The van der Waals surface area contributed by atoms with E-state index in [-0.39, 0.29) is 5.82 Å². The lowest BCUT2D eigenvalue weighted by Crippen LogP contribution is -2.08. The molecular formula is C70H87FO. The zero-order chi connectivity index (χ0) is 52.9. The third-order valence-electron chi connectivity index (χ3n) is 11.9. The van der Waals surface area contributed by atoms with Crippen molar-refractivity contribution in [3.8, 4) is 5.75 Å². The summed E-state index contributed by atoms with van der Waals surface area (Å²) in [6, 6.07) is 74.2. The number of rotatable bonds is 10. The Morgan fingerprint density at radius 1 is 0.306 bits per heavy atom. The van der Waals surface area contributed by atoms with E-state index in [0.717, 1.165) is 19.3 Å². The standard InChI is InChI=1S/2C16H18.C11H16.C9H11F.C9H12O.C9H12/c2*1-13(2)16-10-8-15(9-11-16)12-14-6-4-3-5-7-14;1-11(2,3)9-10-7-5-4-6-8-10;2*1-7(2)8-3-5-9(10)6-4-8;1-8(2)9-6-4-3-5-7-9/h2*3-11,13H,12H2,1-2H3;4-8H,9H2,1-3H3;3-7H,1-2H3;3-7,10H,1-2H3;3-8H,1-2H3. The Hall–Kier alpha value is -6.51. The molecule has 0 bridgehead atoms. The van der Waals surface area contributed by atoms with Crippen molar-refractivity contribution < 1.29 is 9.50 Å². The molecule has 0 amide bonds. The van der Waals surface area contributed by atoms with Crippen LogP contribution in [0.3, 0.4) is 0 Å². The zero-order valence-electron chi connectivity index (χ0n) is 46.1. The molecule has 0 unspecified atom stereocenters. The lowest BCUT2D eigenvalue weighted by Gasteiger charge is -2.17. The van der Waals surface area contributed by atoms with Gasteiger partial charge in [0.1, 0.15) is 11.6 Å². The van der Waals surface area contributed by atoms with Gasteiger partial charge in [0.2, 0.25) is 0 Å². The number of benzene rings is 8. The van der Waals surface area contributed by atoms with E-state index in [4.69, 9.17) is 5.11 Å². The van der Waals surface area contributed by atoms with Crippen LogP contribution in [0.25, 0.3) is 0 Å². The molecule has 8 aromatic rings. The van der Waals surface area contributed by atoms with Crippen molar-refractivity contribution in [3.05, 3.63) is 280 Å². The lowest BCUT2D eigenvalue weighted by atomic mass is 9.88. The highest BCUT2D eigenvalue weighted by molar-refractivity contribution is 5.32. The summed E-state index contributed by atoms with van der Waals surface area (Å²) in [6.07, 6.45) is 3.21. The first-order valence-electron chi connectivity index (χ1n) is 26.2. The first-order valence-corrected chi connectivity index (χ1v) is 26.2. The van der Waals surface area contributed by atoms with Gasteiger partial charge < -0.3 is 5.11 Å². The molecule has 0 radical (unpaired) electrons. The van der Waals surface area contributed by atoms with Gasteiger partial charge in [-0.3, -0.25) is 0 Å². The molecule has 0 heterocycles. The smallest absolute Gasteiger partial charge is 0.123 e. The van der Waals surface area contributed by atoms with Crippen LogP contribution in [0.1, 0.15) is 175 Å². The molecule has 8 rings (SSSR count). The van der Waals surface area contributed by atoms with Crippen LogP contribution in [0.15, 0.2) is 218 Å². The Bertz CT molecular complexity index is 2410. The highest BCUT2D eigenvalue weighted by atomic mass is 19.1. The topological polar surface area (TPSA) is 20.2 Å². The van der Waals surface area contributed by atoms with Crippen molar-refractivity contribution in [1.29, 1.82) is 0 Å². The van der Waals surface area contributed by atoms with Crippen molar-refractivity contribution in [2.75, 3.05) is 0 Å². The second-order valence-electron chi connectivity index (χ2n) is 21.4. The van der Waals surface area contributed by atoms with Crippen LogP contribution in [0.5, 0.6) is 5.75 Å². The van der Waals surface area contributed by atoms with E-state index in [1.807, 2.05) is 30.3 Å². The van der Waals surface area contributed by atoms with Gasteiger partial charge in [-0.15, -0.1) is 0 Å². The van der Waals surface area contributed by atoms with Crippen LogP contribution in [0, 0.1) is 11.2 Å². The van der Waals surface area contributed by atoms with E-state index < -0.39 is 0 Å². The SMILES string of the molecule is CC(C)(C)Cc1ccccc1.CC(C)c1ccc(Cc2ccccc2)cc1.CC(C)c1ccc(Cc2ccccc2)cc1.CC(C)c1ccc(F)cc1.CC(C)c1ccc(O)cc1.CC(C)c1ccccc1. The molecule has 8 aromatic carbocycles. The van der Waals surface area contributed by atoms with Gasteiger partial charge in [-0.25, -0.2) is 4.39 Å². The molecule has 1 nitrogen and oxygen atoms in total. The summed E-state index contributed by atoms with van der Waals surface area (Å²) in [5, 5.41) is 8.94. The molecule has 380 valence electrons. The molecular weight excluding hydrogens is 876 g/mol. The number of phenols is 1. The third-order valence-corrected chi connectivity index (χ3v) is 11.9. The molecule has 0 saturated heterocycles. The zero-order valence-corrected chi connectivity index (χ0v) is 46.1. The molecule has 0 fully saturated rings. The predicted octanol–water partition coefficient (Wildman–Crippen LogP) is 20.4. The maximum Gasteiger partial charge on any atom is 0.123 e. The Morgan fingerprint density at radius 3 is 0.819 bits per heavy atom. The van der Waals surface area contributed by atoms with Crippen molar-refractivity contribution in [3.63, 3.8) is 0 Å². The number of phenolic OH excluding ortho intramolecular Hbond substituents is 1. The van der Waals surface area contributed by atoms with Gasteiger partial charge in [-0.1, -0.05) is 284 Å². The van der Waals surface area contributed by atoms with Crippen molar-refractivity contribution in [2.45, 2.75) is 139 Å². The molecule has 0 aliphatic rings. The second kappa shape index (κ2) is 32.5. The van der Waals surface area contributed by atoms with E-state index in [1.54, 1.807) is 12.1 Å². The molecule has 0 aliphatic heterocycles. The number of halogens is 1. The van der Waals surface area contributed by atoms with Gasteiger partial charge in [0.15, 0.2) is 0 Å². The van der Waals surface area contributed by atoms with Crippen LogP contribution < -0.4 is 0 Å². The molecule has 0 spiro atoms. The van der Waals surface area contributed by atoms with Gasteiger partial charge in [-0.05, 0) is 134 Å². The van der Waals surface area contributed by atoms with Gasteiger partial charge in [0.05, 0.1) is 0 Å². The minimum atomic E-state index is -0.163. The fraction of sp³-hybridized carbons (Fsp3) is 0.314. The molecule has 72 heavy (non-hydrogen) atoms. The van der Waals surface area contributed by atoms with Gasteiger partial charge >= 0.3 is 0 Å². The summed E-state index contributed by atoms with van der Waals surface area (Å²) in [7, 11) is 0. The molecule has 2 heteroatoms. The van der Waals surface area contributed by atoms with Gasteiger partial charge in [0, 0.05) is 0 Å². The van der Waals surface area contributed by atoms with Crippen LogP contribution >= 0.6 is 0 Å². The minimum absolute atomic E-state index is 0.163. The molecule has 0 atom stereocenters. The summed E-state index contributed by atoms with van der Waals surface area (Å²) < 4.78 is 12.4.